The summed E-state index contributed by atoms with van der Waals surface area (Å²) in [6, 6.07) is 25.7. The van der Waals surface area contributed by atoms with Crippen molar-refractivity contribution in [3.8, 4) is 5.75 Å². The molecule has 0 radical (unpaired) electrons. The summed E-state index contributed by atoms with van der Waals surface area (Å²) < 4.78 is 6.03. The molecule has 3 aromatic carbocycles. The molecule has 0 aliphatic heterocycles. The lowest BCUT2D eigenvalue weighted by atomic mass is 10.00. The van der Waals surface area contributed by atoms with E-state index in [-0.39, 0.29) is 0 Å². The SMILES string of the molecule is O=C(O)c1ccccc1CCCCCc1ccccc1OCc1ccccc1. The molecule has 0 aliphatic rings. The summed E-state index contributed by atoms with van der Waals surface area (Å²) in [5.41, 5.74) is 3.72. The van der Waals surface area contributed by atoms with Gasteiger partial charge in [0.25, 0.3) is 0 Å². The molecule has 0 spiro atoms. The summed E-state index contributed by atoms with van der Waals surface area (Å²) in [6.07, 6.45) is 4.86. The van der Waals surface area contributed by atoms with Crippen LogP contribution in [0.1, 0.15) is 46.3 Å². The second-order valence-corrected chi connectivity index (χ2v) is 6.90. The van der Waals surface area contributed by atoms with Crippen LogP contribution >= 0.6 is 0 Å². The predicted octanol–water partition coefficient (Wildman–Crippen LogP) is 5.92. The maximum atomic E-state index is 11.3. The average Bonchev–Trinajstić information content (AvgIpc) is 2.73. The summed E-state index contributed by atoms with van der Waals surface area (Å²) in [6.45, 7) is 0.573. The molecule has 3 nitrogen and oxygen atoms in total. The Morgan fingerprint density at radius 2 is 1.32 bits per heavy atom. The summed E-state index contributed by atoms with van der Waals surface area (Å²) in [5.74, 6) is 0.0997. The fraction of sp³-hybridized carbons (Fsp3) is 0.240. The number of para-hydroxylation sites is 1. The number of aromatic carboxylic acids is 1. The van der Waals surface area contributed by atoms with Crippen LogP contribution in [0.2, 0.25) is 0 Å². The number of carboxylic acid groups (broad SMARTS) is 1. The zero-order valence-electron chi connectivity index (χ0n) is 16.0. The van der Waals surface area contributed by atoms with Crippen molar-refractivity contribution in [3.63, 3.8) is 0 Å². The van der Waals surface area contributed by atoms with Crippen LogP contribution in [0.4, 0.5) is 0 Å². The predicted molar refractivity (Wildman–Crippen MR) is 112 cm³/mol. The van der Waals surface area contributed by atoms with Crippen LogP contribution in [0.5, 0.6) is 5.75 Å². The zero-order chi connectivity index (χ0) is 19.6. The minimum absolute atomic E-state index is 0.419. The van der Waals surface area contributed by atoms with Crippen molar-refractivity contribution >= 4 is 5.97 Å². The number of hydrogen-bond acceptors (Lipinski definition) is 2. The van der Waals surface area contributed by atoms with E-state index in [0.29, 0.717) is 12.2 Å². The van der Waals surface area contributed by atoms with Crippen LogP contribution in [0.25, 0.3) is 0 Å². The quantitative estimate of drug-likeness (QED) is 0.448. The van der Waals surface area contributed by atoms with Gasteiger partial charge in [-0.25, -0.2) is 4.79 Å². The lowest BCUT2D eigenvalue weighted by molar-refractivity contribution is 0.0695. The minimum Gasteiger partial charge on any atom is -0.489 e. The summed E-state index contributed by atoms with van der Waals surface area (Å²) >= 11 is 0. The van der Waals surface area contributed by atoms with Crippen molar-refractivity contribution in [2.45, 2.75) is 38.7 Å². The second kappa shape index (κ2) is 10.3. The number of carbonyl (C=O) groups is 1. The number of carboxylic acids is 1. The molecule has 144 valence electrons. The van der Waals surface area contributed by atoms with E-state index in [1.54, 1.807) is 12.1 Å². The first kappa shape index (κ1) is 19.7. The fourth-order valence-electron chi connectivity index (χ4n) is 3.34. The molecule has 0 aromatic heterocycles. The smallest absolute Gasteiger partial charge is 0.335 e. The van der Waals surface area contributed by atoms with E-state index in [2.05, 4.69) is 18.2 Å². The van der Waals surface area contributed by atoms with Gasteiger partial charge in [0.15, 0.2) is 0 Å². The van der Waals surface area contributed by atoms with Gasteiger partial charge in [-0.05, 0) is 54.5 Å². The molecule has 0 amide bonds. The van der Waals surface area contributed by atoms with Crippen LogP contribution < -0.4 is 4.74 Å². The molecule has 0 unspecified atom stereocenters. The maximum Gasteiger partial charge on any atom is 0.335 e. The second-order valence-electron chi connectivity index (χ2n) is 6.90. The molecule has 3 heteroatoms. The zero-order valence-corrected chi connectivity index (χ0v) is 16.0. The van der Waals surface area contributed by atoms with Gasteiger partial charge in [-0.3, -0.25) is 0 Å². The number of rotatable bonds is 10. The molecular weight excluding hydrogens is 348 g/mol. The van der Waals surface area contributed by atoms with Crippen molar-refractivity contribution in [1.82, 2.24) is 0 Å². The highest BCUT2D eigenvalue weighted by molar-refractivity contribution is 5.89. The Hall–Kier alpha value is -3.07. The van der Waals surface area contributed by atoms with Crippen molar-refractivity contribution in [2.75, 3.05) is 0 Å². The average molecular weight is 374 g/mol. The Morgan fingerprint density at radius 1 is 0.714 bits per heavy atom. The van der Waals surface area contributed by atoms with Gasteiger partial charge in [0.05, 0.1) is 5.56 Å². The van der Waals surface area contributed by atoms with Crippen LogP contribution in [0.15, 0.2) is 78.9 Å². The molecule has 0 bridgehead atoms. The van der Waals surface area contributed by atoms with Crippen molar-refractivity contribution in [2.24, 2.45) is 0 Å². The summed E-state index contributed by atoms with van der Waals surface area (Å²) in [7, 11) is 0. The Balaban J connectivity index is 1.47. The normalized spacial score (nSPS) is 10.6. The van der Waals surface area contributed by atoms with Gasteiger partial charge >= 0.3 is 5.97 Å². The van der Waals surface area contributed by atoms with E-state index in [4.69, 9.17) is 4.74 Å². The topological polar surface area (TPSA) is 46.5 Å². The lowest BCUT2D eigenvalue weighted by Gasteiger charge is -2.12. The third kappa shape index (κ3) is 5.71. The molecular formula is C25H26O3. The van der Waals surface area contributed by atoms with Gasteiger partial charge in [-0.15, -0.1) is 0 Å². The third-order valence-corrected chi connectivity index (χ3v) is 4.85. The van der Waals surface area contributed by atoms with Crippen LogP contribution in [-0.2, 0) is 19.4 Å². The van der Waals surface area contributed by atoms with E-state index in [1.807, 2.05) is 48.5 Å². The summed E-state index contributed by atoms with van der Waals surface area (Å²) in [5, 5.41) is 9.27. The molecule has 0 saturated carbocycles. The van der Waals surface area contributed by atoms with Crippen molar-refractivity contribution in [1.29, 1.82) is 0 Å². The van der Waals surface area contributed by atoms with E-state index in [0.717, 1.165) is 49.0 Å². The first-order chi connectivity index (χ1) is 13.7. The molecule has 3 rings (SSSR count). The maximum absolute atomic E-state index is 11.3. The Kier molecular flexibility index (Phi) is 7.25. The van der Waals surface area contributed by atoms with E-state index in [1.165, 1.54) is 5.56 Å². The number of unbranched alkanes of at least 4 members (excludes halogenated alkanes) is 2. The highest BCUT2D eigenvalue weighted by atomic mass is 16.5. The van der Waals surface area contributed by atoms with Gasteiger partial charge in [-0.2, -0.15) is 0 Å². The highest BCUT2D eigenvalue weighted by Gasteiger charge is 2.08. The fourth-order valence-corrected chi connectivity index (χ4v) is 3.34. The first-order valence-corrected chi connectivity index (χ1v) is 9.80. The molecule has 1 N–H and O–H groups in total. The molecule has 0 atom stereocenters. The van der Waals surface area contributed by atoms with Crippen molar-refractivity contribution < 1.29 is 14.6 Å². The summed E-state index contributed by atoms with van der Waals surface area (Å²) in [4.78, 5) is 11.3. The van der Waals surface area contributed by atoms with Crippen LogP contribution in [0, 0.1) is 0 Å². The Morgan fingerprint density at radius 3 is 2.07 bits per heavy atom. The molecule has 0 fully saturated rings. The number of aryl methyl sites for hydroxylation is 2. The van der Waals surface area contributed by atoms with Gasteiger partial charge in [-0.1, -0.05) is 73.2 Å². The lowest BCUT2D eigenvalue weighted by Crippen LogP contribution is -2.02. The van der Waals surface area contributed by atoms with E-state index in [9.17, 15) is 9.90 Å². The molecule has 3 aromatic rings. The van der Waals surface area contributed by atoms with Crippen LogP contribution in [-0.4, -0.2) is 11.1 Å². The van der Waals surface area contributed by atoms with E-state index < -0.39 is 5.97 Å². The largest absolute Gasteiger partial charge is 0.489 e. The van der Waals surface area contributed by atoms with Crippen molar-refractivity contribution in [3.05, 3.63) is 101 Å². The van der Waals surface area contributed by atoms with Crippen LogP contribution in [0.3, 0.4) is 0 Å². The molecule has 0 heterocycles. The highest BCUT2D eigenvalue weighted by Crippen LogP contribution is 2.22. The number of ether oxygens (including phenoxy) is 1. The molecule has 28 heavy (non-hydrogen) atoms. The number of benzene rings is 3. The van der Waals surface area contributed by atoms with Gasteiger partial charge in [0.1, 0.15) is 12.4 Å². The monoisotopic (exact) mass is 374 g/mol. The Bertz CT molecular complexity index is 887. The standard InChI is InChI=1S/C25H26O3/c26-25(27)23-17-9-7-14-21(23)13-5-2-6-15-22-16-8-10-18-24(22)28-19-20-11-3-1-4-12-20/h1,3-4,7-12,14,16-18H,2,5-6,13,15,19H2,(H,26,27). The third-order valence-electron chi connectivity index (χ3n) is 4.85. The first-order valence-electron chi connectivity index (χ1n) is 9.80. The van der Waals surface area contributed by atoms with Gasteiger partial charge in [0.2, 0.25) is 0 Å². The van der Waals surface area contributed by atoms with Gasteiger partial charge < -0.3 is 9.84 Å². The number of hydrogen-bond donors (Lipinski definition) is 1. The molecule has 0 aliphatic carbocycles. The van der Waals surface area contributed by atoms with E-state index >= 15 is 0 Å². The van der Waals surface area contributed by atoms with Gasteiger partial charge in [0, 0.05) is 0 Å². The molecule has 0 saturated heterocycles. The minimum atomic E-state index is -0.847. The Labute approximate surface area is 166 Å².